The molecule has 0 aliphatic carbocycles. The van der Waals surface area contributed by atoms with Crippen LogP contribution in [-0.2, 0) is 16.0 Å². The average molecular weight is 405 g/mol. The number of Topliss-reactive ketones (excluding diaryl/α,β-unsaturated/α-hetero) is 1. The monoisotopic (exact) mass is 405 g/mol. The summed E-state index contributed by atoms with van der Waals surface area (Å²) in [5.41, 5.74) is 6.71. The molecule has 0 aliphatic heterocycles. The number of hydrogen-bond acceptors (Lipinski definition) is 8. The molecule has 0 aliphatic rings. The van der Waals surface area contributed by atoms with Crippen molar-refractivity contribution in [2.45, 2.75) is 12.5 Å². The Hall–Kier alpha value is -4.34. The van der Waals surface area contributed by atoms with Crippen LogP contribution in [0.15, 0.2) is 64.0 Å². The second-order valence-corrected chi connectivity index (χ2v) is 6.39. The van der Waals surface area contributed by atoms with Crippen LogP contribution in [0.5, 0.6) is 0 Å². The Morgan fingerprint density at radius 3 is 2.63 bits per heavy atom. The van der Waals surface area contributed by atoms with Crippen molar-refractivity contribution >= 4 is 28.6 Å². The summed E-state index contributed by atoms with van der Waals surface area (Å²) in [6.45, 7) is 0. The summed E-state index contributed by atoms with van der Waals surface area (Å²) in [4.78, 5) is 40.8. The van der Waals surface area contributed by atoms with Gasteiger partial charge in [-0.15, -0.1) is 0 Å². The third kappa shape index (κ3) is 3.65. The van der Waals surface area contributed by atoms with Crippen LogP contribution in [0.4, 0.5) is 0 Å². The van der Waals surface area contributed by atoms with E-state index in [2.05, 4.69) is 25.2 Å². The van der Waals surface area contributed by atoms with Gasteiger partial charge in [-0.2, -0.15) is 0 Å². The normalized spacial score (nSPS) is 11.9. The third-order valence-corrected chi connectivity index (χ3v) is 4.46. The molecule has 1 unspecified atom stereocenters. The molecule has 4 aromatic rings. The summed E-state index contributed by atoms with van der Waals surface area (Å²) in [5, 5.41) is 10.6. The van der Waals surface area contributed by atoms with Gasteiger partial charge in [0.05, 0.1) is 12.0 Å². The van der Waals surface area contributed by atoms with E-state index >= 15 is 0 Å². The highest BCUT2D eigenvalue weighted by Crippen LogP contribution is 2.23. The Morgan fingerprint density at radius 2 is 1.87 bits per heavy atom. The lowest BCUT2D eigenvalue weighted by Crippen LogP contribution is -2.47. The van der Waals surface area contributed by atoms with Crippen molar-refractivity contribution in [1.29, 1.82) is 0 Å². The second-order valence-electron chi connectivity index (χ2n) is 6.39. The summed E-state index contributed by atoms with van der Waals surface area (Å²) in [7, 11) is 0. The van der Waals surface area contributed by atoms with Crippen molar-refractivity contribution in [1.82, 2.24) is 20.6 Å². The van der Waals surface area contributed by atoms with Gasteiger partial charge in [0, 0.05) is 23.6 Å². The van der Waals surface area contributed by atoms with Crippen LogP contribution >= 0.6 is 0 Å². The number of para-hydroxylation sites is 1. The molecular weight excluding hydrogens is 390 g/mol. The smallest absolute Gasteiger partial charge is 0.287 e. The number of primary amides is 1. The summed E-state index contributed by atoms with van der Waals surface area (Å²) >= 11 is 0. The Balaban J connectivity index is 1.62. The number of amides is 2. The maximum atomic E-state index is 12.8. The van der Waals surface area contributed by atoms with E-state index in [4.69, 9.17) is 10.2 Å². The zero-order valence-corrected chi connectivity index (χ0v) is 15.4. The molecule has 3 N–H and O–H groups in total. The van der Waals surface area contributed by atoms with Crippen LogP contribution in [0, 0.1) is 0 Å². The highest BCUT2D eigenvalue weighted by Gasteiger charge is 2.30. The van der Waals surface area contributed by atoms with Crippen LogP contribution < -0.4 is 11.1 Å². The van der Waals surface area contributed by atoms with Gasteiger partial charge in [-0.05, 0) is 28.5 Å². The number of aromatic nitrogens is 3. The number of pyridine rings is 1. The molecule has 0 spiro atoms. The van der Waals surface area contributed by atoms with Crippen molar-refractivity contribution in [2.24, 2.45) is 5.73 Å². The van der Waals surface area contributed by atoms with Crippen LogP contribution in [0.2, 0.25) is 0 Å². The largest absolute Gasteiger partial charge is 0.464 e. The summed E-state index contributed by atoms with van der Waals surface area (Å²) < 4.78 is 10.1. The van der Waals surface area contributed by atoms with Crippen molar-refractivity contribution in [3.05, 3.63) is 66.2 Å². The minimum absolute atomic E-state index is 0.00523. The van der Waals surface area contributed by atoms with Gasteiger partial charge in [0.15, 0.2) is 5.69 Å². The summed E-state index contributed by atoms with van der Waals surface area (Å²) in [6.07, 6.45) is 2.99. The van der Waals surface area contributed by atoms with Gasteiger partial charge < -0.3 is 15.5 Å². The van der Waals surface area contributed by atoms with Gasteiger partial charge in [0.2, 0.25) is 11.5 Å². The Kier molecular flexibility index (Phi) is 5.04. The third-order valence-electron chi connectivity index (χ3n) is 4.46. The minimum atomic E-state index is -1.23. The first-order valence-corrected chi connectivity index (χ1v) is 8.88. The lowest BCUT2D eigenvalue weighted by atomic mass is 10.0. The predicted molar refractivity (Wildman–Crippen MR) is 103 cm³/mol. The lowest BCUT2D eigenvalue weighted by molar-refractivity contribution is -0.137. The topological polar surface area (TPSA) is 154 Å². The molecule has 0 fully saturated rings. The molecule has 2 amide bonds. The molecular formula is C20H15N5O5. The zero-order valence-electron chi connectivity index (χ0n) is 15.4. The molecule has 3 aromatic heterocycles. The first-order valence-electron chi connectivity index (χ1n) is 8.88. The quantitative estimate of drug-likeness (QED) is 0.436. The number of benzene rings is 1. The Bertz CT molecular complexity index is 1230. The van der Waals surface area contributed by atoms with Gasteiger partial charge in [0.1, 0.15) is 11.6 Å². The number of hydrogen-bond donors (Lipinski definition) is 2. The van der Waals surface area contributed by atoms with E-state index < -0.39 is 23.6 Å². The highest BCUT2D eigenvalue weighted by molar-refractivity contribution is 6.38. The van der Waals surface area contributed by atoms with Gasteiger partial charge in [0.25, 0.3) is 11.8 Å². The fraction of sp³-hybridized carbons (Fsp3) is 0.100. The minimum Gasteiger partial charge on any atom is -0.464 e. The standard InChI is InChI=1S/C20H15N5O5/c21-19(27)18(26)14(9-11-10-29-15-7-2-1-5-12(11)15)23-20(28)17-16(24-30-25-17)13-6-3-4-8-22-13/h1-8,10,14H,9H2,(H2,21,27)(H,23,28). The van der Waals surface area contributed by atoms with E-state index in [-0.39, 0.29) is 17.8 Å². The van der Waals surface area contributed by atoms with Gasteiger partial charge in [-0.1, -0.05) is 24.3 Å². The van der Waals surface area contributed by atoms with Gasteiger partial charge in [-0.3, -0.25) is 19.4 Å². The maximum absolute atomic E-state index is 12.8. The predicted octanol–water partition coefficient (Wildman–Crippen LogP) is 1.27. The zero-order chi connectivity index (χ0) is 21.1. The lowest BCUT2D eigenvalue weighted by Gasteiger charge is -2.15. The second kappa shape index (κ2) is 7.95. The van der Waals surface area contributed by atoms with E-state index in [0.29, 0.717) is 16.8 Å². The number of nitrogens with zero attached hydrogens (tertiary/aromatic N) is 3. The average Bonchev–Trinajstić information content (AvgIpc) is 3.41. The number of rotatable bonds is 7. The number of ketones is 1. The Labute approximate surface area is 169 Å². The molecule has 1 aromatic carbocycles. The molecule has 150 valence electrons. The van der Waals surface area contributed by atoms with E-state index in [9.17, 15) is 14.4 Å². The van der Waals surface area contributed by atoms with E-state index in [1.165, 1.54) is 12.5 Å². The number of carbonyl (C=O) groups excluding carboxylic acids is 3. The van der Waals surface area contributed by atoms with Gasteiger partial charge in [-0.25, -0.2) is 4.63 Å². The van der Waals surface area contributed by atoms with Crippen LogP contribution in [0.3, 0.4) is 0 Å². The highest BCUT2D eigenvalue weighted by atomic mass is 16.6. The van der Waals surface area contributed by atoms with Crippen LogP contribution in [0.1, 0.15) is 16.1 Å². The molecule has 4 rings (SSSR count). The number of carbonyl (C=O) groups is 3. The number of furan rings is 1. The molecule has 0 saturated carbocycles. The van der Waals surface area contributed by atoms with Crippen molar-refractivity contribution < 1.29 is 23.4 Å². The van der Waals surface area contributed by atoms with Gasteiger partial charge >= 0.3 is 0 Å². The van der Waals surface area contributed by atoms with Crippen molar-refractivity contribution in [3.63, 3.8) is 0 Å². The van der Waals surface area contributed by atoms with Crippen molar-refractivity contribution in [2.75, 3.05) is 0 Å². The number of nitrogens with two attached hydrogens (primary N) is 1. The fourth-order valence-electron chi connectivity index (χ4n) is 3.03. The maximum Gasteiger partial charge on any atom is 0.287 e. The molecule has 10 heteroatoms. The van der Waals surface area contributed by atoms with E-state index in [1.807, 2.05) is 12.1 Å². The molecule has 30 heavy (non-hydrogen) atoms. The van der Waals surface area contributed by atoms with Crippen LogP contribution in [0.25, 0.3) is 22.4 Å². The molecule has 0 radical (unpaired) electrons. The first kappa shape index (κ1) is 19.0. The van der Waals surface area contributed by atoms with Crippen molar-refractivity contribution in [3.8, 4) is 11.4 Å². The SMILES string of the molecule is NC(=O)C(=O)C(Cc1coc2ccccc12)NC(=O)c1nonc1-c1ccccn1. The van der Waals surface area contributed by atoms with E-state index in [1.54, 1.807) is 30.3 Å². The molecule has 0 bridgehead atoms. The summed E-state index contributed by atoms with van der Waals surface area (Å²) in [6, 6.07) is 11.0. The molecule has 3 heterocycles. The van der Waals surface area contributed by atoms with E-state index in [0.717, 1.165) is 5.39 Å². The number of fused-ring (bicyclic) bond motifs is 1. The molecule has 1 atom stereocenters. The molecule has 0 saturated heterocycles. The Morgan fingerprint density at radius 1 is 1.07 bits per heavy atom. The van der Waals surface area contributed by atoms with Crippen LogP contribution in [-0.4, -0.2) is 38.9 Å². The summed E-state index contributed by atoms with van der Waals surface area (Å²) in [5.74, 6) is -2.88. The first-order chi connectivity index (χ1) is 14.5. The number of nitrogens with one attached hydrogen (secondary N) is 1. The molecule has 10 nitrogen and oxygen atoms in total. The fourth-order valence-corrected chi connectivity index (χ4v) is 3.03.